The first-order chi connectivity index (χ1) is 10.1. The molecule has 104 valence electrons. The zero-order chi connectivity index (χ0) is 15.2. The molecule has 0 unspecified atom stereocenters. The van der Waals surface area contributed by atoms with Crippen LogP contribution in [0.3, 0.4) is 0 Å². The Labute approximate surface area is 134 Å². The summed E-state index contributed by atoms with van der Waals surface area (Å²) in [5.41, 5.74) is 7.96. The Kier molecular flexibility index (Phi) is 5.15. The first-order valence-corrected chi connectivity index (χ1v) is 7.57. The van der Waals surface area contributed by atoms with Crippen molar-refractivity contribution in [1.29, 1.82) is 5.26 Å². The van der Waals surface area contributed by atoms with Crippen molar-refractivity contribution in [2.45, 2.75) is 16.7 Å². The highest BCUT2D eigenvalue weighted by Gasteiger charge is 2.01. The highest BCUT2D eigenvalue weighted by atomic mass is 32.2. The molecular formula is C17H14N2S2. The SMILES string of the molecule is Cc1ccc(Sc2ccc(/C=C(/C#N)C(N)=S)cc2)cc1. The minimum Gasteiger partial charge on any atom is -0.389 e. The van der Waals surface area contributed by atoms with Crippen molar-refractivity contribution in [3.63, 3.8) is 0 Å². The van der Waals surface area contributed by atoms with Crippen LogP contribution in [0.15, 0.2) is 63.9 Å². The van der Waals surface area contributed by atoms with Gasteiger partial charge < -0.3 is 5.73 Å². The number of hydrogen-bond donors (Lipinski definition) is 1. The molecule has 0 heterocycles. The fourth-order valence-corrected chi connectivity index (χ4v) is 2.62. The van der Waals surface area contributed by atoms with E-state index in [0.717, 1.165) is 10.5 Å². The first-order valence-electron chi connectivity index (χ1n) is 6.34. The second-order valence-corrected chi connectivity index (χ2v) is 6.10. The van der Waals surface area contributed by atoms with Gasteiger partial charge in [0, 0.05) is 9.79 Å². The lowest BCUT2D eigenvalue weighted by atomic mass is 10.1. The maximum atomic E-state index is 8.94. The van der Waals surface area contributed by atoms with Crippen LogP contribution in [0.1, 0.15) is 11.1 Å². The number of nitrogens with zero attached hydrogens (tertiary/aromatic N) is 1. The fraction of sp³-hybridized carbons (Fsp3) is 0.0588. The van der Waals surface area contributed by atoms with Gasteiger partial charge in [0.05, 0.1) is 5.57 Å². The summed E-state index contributed by atoms with van der Waals surface area (Å²) in [6.45, 7) is 2.07. The molecule has 0 radical (unpaired) electrons. The van der Waals surface area contributed by atoms with Crippen LogP contribution in [-0.2, 0) is 0 Å². The van der Waals surface area contributed by atoms with E-state index in [0.29, 0.717) is 5.57 Å². The Morgan fingerprint density at radius 3 is 2.10 bits per heavy atom. The lowest BCUT2D eigenvalue weighted by molar-refractivity contribution is 1.36. The molecule has 2 aromatic rings. The van der Waals surface area contributed by atoms with E-state index in [9.17, 15) is 0 Å². The quantitative estimate of drug-likeness (QED) is 0.518. The third-order valence-corrected chi connectivity index (χ3v) is 4.07. The molecule has 2 aromatic carbocycles. The Morgan fingerprint density at radius 1 is 1.10 bits per heavy atom. The molecule has 4 heteroatoms. The van der Waals surface area contributed by atoms with Crippen LogP contribution in [-0.4, -0.2) is 4.99 Å². The molecule has 0 aliphatic carbocycles. The molecule has 0 atom stereocenters. The molecule has 0 bridgehead atoms. The number of hydrogen-bond acceptors (Lipinski definition) is 3. The fourth-order valence-electron chi connectivity index (χ4n) is 1.70. The van der Waals surface area contributed by atoms with Crippen molar-refractivity contribution in [3.05, 3.63) is 65.2 Å². The lowest BCUT2D eigenvalue weighted by Crippen LogP contribution is -2.09. The average Bonchev–Trinajstić information content (AvgIpc) is 2.48. The van der Waals surface area contributed by atoms with E-state index in [4.69, 9.17) is 23.2 Å². The van der Waals surface area contributed by atoms with Gasteiger partial charge in [-0.1, -0.05) is 53.8 Å². The van der Waals surface area contributed by atoms with E-state index < -0.39 is 0 Å². The van der Waals surface area contributed by atoms with Crippen molar-refractivity contribution in [2.24, 2.45) is 5.73 Å². The summed E-state index contributed by atoms with van der Waals surface area (Å²) < 4.78 is 0. The summed E-state index contributed by atoms with van der Waals surface area (Å²) >= 11 is 6.52. The van der Waals surface area contributed by atoms with Gasteiger partial charge in [-0.3, -0.25) is 0 Å². The molecule has 2 rings (SSSR count). The largest absolute Gasteiger partial charge is 0.389 e. The van der Waals surface area contributed by atoms with Crippen LogP contribution < -0.4 is 5.73 Å². The monoisotopic (exact) mass is 310 g/mol. The van der Waals surface area contributed by atoms with Crippen molar-refractivity contribution in [1.82, 2.24) is 0 Å². The summed E-state index contributed by atoms with van der Waals surface area (Å²) in [6, 6.07) is 18.3. The van der Waals surface area contributed by atoms with Crippen molar-refractivity contribution in [2.75, 3.05) is 0 Å². The number of aryl methyl sites for hydroxylation is 1. The molecule has 0 spiro atoms. The highest BCUT2D eigenvalue weighted by Crippen LogP contribution is 2.28. The third-order valence-electron chi connectivity index (χ3n) is 2.83. The summed E-state index contributed by atoms with van der Waals surface area (Å²) in [5, 5.41) is 8.94. The van der Waals surface area contributed by atoms with Crippen LogP contribution in [0.5, 0.6) is 0 Å². The molecule has 0 aliphatic heterocycles. The van der Waals surface area contributed by atoms with Gasteiger partial charge in [-0.05, 0) is 42.8 Å². The standard InChI is InChI=1S/C17H14N2S2/c1-12-2-6-15(7-3-12)21-16-8-4-13(5-9-16)10-14(11-18)17(19)20/h2-10H,1H3,(H2,19,20)/b14-10-. The van der Waals surface area contributed by atoms with Crippen molar-refractivity contribution in [3.8, 4) is 6.07 Å². The summed E-state index contributed by atoms with van der Waals surface area (Å²) in [4.78, 5) is 2.46. The van der Waals surface area contributed by atoms with E-state index in [1.807, 2.05) is 30.3 Å². The Hall–Kier alpha value is -2.09. The summed E-state index contributed by atoms with van der Waals surface area (Å²) in [5.74, 6) is 0. The van der Waals surface area contributed by atoms with Gasteiger partial charge in [-0.2, -0.15) is 5.26 Å². The Bertz CT molecular complexity index is 708. The van der Waals surface area contributed by atoms with Crippen LogP contribution >= 0.6 is 24.0 Å². The summed E-state index contributed by atoms with van der Waals surface area (Å²) in [7, 11) is 0. The molecule has 0 aromatic heterocycles. The van der Waals surface area contributed by atoms with E-state index in [1.165, 1.54) is 10.5 Å². The first kappa shape index (κ1) is 15.3. The highest BCUT2D eigenvalue weighted by molar-refractivity contribution is 7.99. The third kappa shape index (κ3) is 4.45. The van der Waals surface area contributed by atoms with E-state index in [-0.39, 0.29) is 4.99 Å². The van der Waals surface area contributed by atoms with Gasteiger partial charge >= 0.3 is 0 Å². The molecule has 2 nitrogen and oxygen atoms in total. The normalized spacial score (nSPS) is 11.0. The Morgan fingerprint density at radius 2 is 1.62 bits per heavy atom. The molecule has 21 heavy (non-hydrogen) atoms. The predicted molar refractivity (Wildman–Crippen MR) is 92.1 cm³/mol. The number of nitrogens with two attached hydrogens (primary N) is 1. The van der Waals surface area contributed by atoms with Gasteiger partial charge in [0.15, 0.2) is 0 Å². The average molecular weight is 310 g/mol. The minimum atomic E-state index is 0.121. The maximum Gasteiger partial charge on any atom is 0.114 e. The molecule has 0 saturated heterocycles. The number of benzene rings is 2. The van der Waals surface area contributed by atoms with Gasteiger partial charge in [0.1, 0.15) is 11.1 Å². The van der Waals surface area contributed by atoms with E-state index >= 15 is 0 Å². The second-order valence-electron chi connectivity index (χ2n) is 4.52. The zero-order valence-electron chi connectivity index (χ0n) is 11.5. The zero-order valence-corrected chi connectivity index (χ0v) is 13.2. The molecule has 0 amide bonds. The second kappa shape index (κ2) is 7.07. The van der Waals surface area contributed by atoms with Gasteiger partial charge in [-0.15, -0.1) is 0 Å². The Balaban J connectivity index is 2.14. The topological polar surface area (TPSA) is 49.8 Å². The van der Waals surface area contributed by atoms with Crippen LogP contribution in [0.2, 0.25) is 0 Å². The number of thiocarbonyl (C=S) groups is 1. The van der Waals surface area contributed by atoms with Gasteiger partial charge in [0.2, 0.25) is 0 Å². The van der Waals surface area contributed by atoms with Gasteiger partial charge in [0.25, 0.3) is 0 Å². The maximum absolute atomic E-state index is 8.94. The van der Waals surface area contributed by atoms with Crippen molar-refractivity contribution < 1.29 is 0 Å². The molecule has 2 N–H and O–H groups in total. The van der Waals surface area contributed by atoms with E-state index in [2.05, 4.69) is 31.2 Å². The van der Waals surface area contributed by atoms with Crippen LogP contribution in [0.25, 0.3) is 6.08 Å². The molecule has 0 fully saturated rings. The number of rotatable bonds is 4. The molecular weight excluding hydrogens is 296 g/mol. The van der Waals surface area contributed by atoms with E-state index in [1.54, 1.807) is 17.8 Å². The van der Waals surface area contributed by atoms with Crippen LogP contribution in [0, 0.1) is 18.3 Å². The lowest BCUT2D eigenvalue weighted by Gasteiger charge is -2.03. The van der Waals surface area contributed by atoms with Crippen LogP contribution in [0.4, 0.5) is 0 Å². The minimum absolute atomic E-state index is 0.121. The summed E-state index contributed by atoms with van der Waals surface area (Å²) in [6.07, 6.45) is 1.70. The smallest absolute Gasteiger partial charge is 0.114 e. The molecule has 0 saturated carbocycles. The number of nitriles is 1. The van der Waals surface area contributed by atoms with Crippen molar-refractivity contribution >= 4 is 35.0 Å². The van der Waals surface area contributed by atoms with Gasteiger partial charge in [-0.25, -0.2) is 0 Å². The molecule has 0 aliphatic rings. The predicted octanol–water partition coefficient (Wildman–Crippen LogP) is 4.34.